The van der Waals surface area contributed by atoms with Gasteiger partial charge in [0.2, 0.25) is 5.91 Å². The Morgan fingerprint density at radius 3 is 2.52 bits per heavy atom. The lowest BCUT2D eigenvalue weighted by Crippen LogP contribution is -2.14. The lowest BCUT2D eigenvalue weighted by Gasteiger charge is -2.09. The van der Waals surface area contributed by atoms with Crippen LogP contribution in [-0.2, 0) is 4.79 Å². The molecule has 2 rings (SSSR count). The molecule has 110 valence electrons. The maximum atomic E-state index is 12.0. The van der Waals surface area contributed by atoms with E-state index < -0.39 is 0 Å². The van der Waals surface area contributed by atoms with Crippen molar-refractivity contribution >= 4 is 60.9 Å². The summed E-state index contributed by atoms with van der Waals surface area (Å²) in [4.78, 5) is 12.9. The molecule has 1 amide bonds. The highest BCUT2D eigenvalue weighted by Crippen LogP contribution is 2.28. The number of hydrogen-bond acceptors (Lipinski definition) is 3. The number of hydrogen-bond donors (Lipinski definition) is 2. The van der Waals surface area contributed by atoms with Crippen molar-refractivity contribution in [2.75, 3.05) is 16.8 Å². The zero-order valence-corrected chi connectivity index (χ0v) is 15.3. The Morgan fingerprint density at radius 2 is 1.86 bits per heavy atom. The molecular weight excluding hydrogens is 416 g/mol. The van der Waals surface area contributed by atoms with Crippen LogP contribution in [0.4, 0.5) is 11.4 Å². The van der Waals surface area contributed by atoms with Crippen LogP contribution in [0.2, 0.25) is 0 Å². The molecule has 0 bridgehead atoms. The molecule has 0 aliphatic heterocycles. The highest BCUT2D eigenvalue weighted by atomic mass is 79.9. The van der Waals surface area contributed by atoms with Gasteiger partial charge in [0.15, 0.2) is 0 Å². The Balaban J connectivity index is 1.96. The summed E-state index contributed by atoms with van der Waals surface area (Å²) >= 11 is 8.19. The molecule has 0 aromatic heterocycles. The number of amides is 1. The number of carbonyl (C=O) groups excluding carboxylic acids is 1. The summed E-state index contributed by atoms with van der Waals surface area (Å²) < 4.78 is 1.93. The second-order valence-electron chi connectivity index (χ2n) is 4.48. The number of nitrogen functional groups attached to an aromatic ring is 1. The number of aryl methyl sites for hydroxylation is 1. The van der Waals surface area contributed by atoms with Gasteiger partial charge in [0.25, 0.3) is 0 Å². The minimum absolute atomic E-state index is 0.0484. The highest BCUT2D eigenvalue weighted by molar-refractivity contribution is 9.10. The first-order valence-electron chi connectivity index (χ1n) is 6.19. The van der Waals surface area contributed by atoms with Gasteiger partial charge in [-0.1, -0.05) is 31.9 Å². The van der Waals surface area contributed by atoms with Gasteiger partial charge in [0.1, 0.15) is 0 Å². The van der Waals surface area contributed by atoms with Crippen LogP contribution in [0, 0.1) is 6.92 Å². The van der Waals surface area contributed by atoms with Crippen molar-refractivity contribution in [1.82, 2.24) is 0 Å². The standard InChI is InChI=1S/C15H14Br2N2OS/c1-9-6-10(16)2-4-13(9)19-15(20)8-21-14-5-3-11(17)7-12(14)18/h2-7H,8,18H2,1H3,(H,19,20). The summed E-state index contributed by atoms with van der Waals surface area (Å²) in [7, 11) is 0. The van der Waals surface area contributed by atoms with Gasteiger partial charge in [0, 0.05) is 25.2 Å². The molecule has 0 fully saturated rings. The number of thioether (sulfide) groups is 1. The topological polar surface area (TPSA) is 55.1 Å². The van der Waals surface area contributed by atoms with Gasteiger partial charge in [-0.05, 0) is 48.9 Å². The summed E-state index contributed by atoms with van der Waals surface area (Å²) in [5, 5.41) is 2.91. The number of nitrogens with two attached hydrogens (primary N) is 1. The number of carbonyl (C=O) groups is 1. The molecular formula is C15H14Br2N2OS. The van der Waals surface area contributed by atoms with Crippen molar-refractivity contribution in [2.45, 2.75) is 11.8 Å². The molecule has 0 aliphatic carbocycles. The third-order valence-corrected chi connectivity index (χ3v) is 4.87. The molecule has 2 aromatic carbocycles. The Labute approximate surface area is 144 Å². The van der Waals surface area contributed by atoms with E-state index in [4.69, 9.17) is 5.73 Å². The van der Waals surface area contributed by atoms with E-state index in [1.807, 2.05) is 43.3 Å². The maximum Gasteiger partial charge on any atom is 0.234 e. The predicted octanol–water partition coefficient (Wildman–Crippen LogP) is 4.83. The number of benzene rings is 2. The van der Waals surface area contributed by atoms with E-state index in [1.54, 1.807) is 0 Å². The van der Waals surface area contributed by atoms with Crippen molar-refractivity contribution in [3.8, 4) is 0 Å². The largest absolute Gasteiger partial charge is 0.398 e. The zero-order valence-electron chi connectivity index (χ0n) is 11.3. The van der Waals surface area contributed by atoms with Gasteiger partial charge in [0.05, 0.1) is 5.75 Å². The lowest BCUT2D eigenvalue weighted by molar-refractivity contribution is -0.113. The average molecular weight is 430 g/mol. The second kappa shape index (κ2) is 7.33. The average Bonchev–Trinajstić information content (AvgIpc) is 2.41. The molecule has 0 atom stereocenters. The first kappa shape index (κ1) is 16.4. The van der Waals surface area contributed by atoms with Crippen LogP contribution in [0.3, 0.4) is 0 Å². The summed E-state index contributed by atoms with van der Waals surface area (Å²) in [6.07, 6.45) is 0. The molecule has 0 saturated carbocycles. The third kappa shape index (κ3) is 4.76. The second-order valence-corrected chi connectivity index (χ2v) is 7.33. The Kier molecular flexibility index (Phi) is 5.72. The number of halogens is 2. The van der Waals surface area contributed by atoms with Gasteiger partial charge >= 0.3 is 0 Å². The fourth-order valence-corrected chi connectivity index (χ4v) is 3.35. The predicted molar refractivity (Wildman–Crippen MR) is 96.8 cm³/mol. The van der Waals surface area contributed by atoms with E-state index in [0.29, 0.717) is 11.4 Å². The van der Waals surface area contributed by atoms with Crippen LogP contribution in [0.15, 0.2) is 50.2 Å². The fraction of sp³-hybridized carbons (Fsp3) is 0.133. The molecule has 0 aliphatic rings. The lowest BCUT2D eigenvalue weighted by atomic mass is 10.2. The highest BCUT2D eigenvalue weighted by Gasteiger charge is 2.08. The Morgan fingerprint density at radius 1 is 1.19 bits per heavy atom. The summed E-state index contributed by atoms with van der Waals surface area (Å²) in [5.74, 6) is 0.272. The Hall–Kier alpha value is -0.980. The molecule has 3 nitrogen and oxygen atoms in total. The van der Waals surface area contributed by atoms with E-state index in [-0.39, 0.29) is 5.91 Å². The van der Waals surface area contributed by atoms with Crippen LogP contribution < -0.4 is 11.1 Å². The van der Waals surface area contributed by atoms with Gasteiger partial charge in [-0.3, -0.25) is 4.79 Å². The van der Waals surface area contributed by atoms with Crippen molar-refractivity contribution in [3.05, 3.63) is 50.9 Å². The first-order valence-corrected chi connectivity index (χ1v) is 8.76. The van der Waals surface area contributed by atoms with Crippen LogP contribution >= 0.6 is 43.6 Å². The zero-order chi connectivity index (χ0) is 15.4. The summed E-state index contributed by atoms with van der Waals surface area (Å²) in [6.45, 7) is 1.96. The molecule has 0 radical (unpaired) electrons. The Bertz CT molecular complexity index is 677. The molecule has 0 saturated heterocycles. The number of anilines is 2. The van der Waals surface area contributed by atoms with E-state index >= 15 is 0 Å². The molecule has 6 heteroatoms. The minimum Gasteiger partial charge on any atom is -0.398 e. The molecule has 3 N–H and O–H groups in total. The fourth-order valence-electron chi connectivity index (χ4n) is 1.75. The van der Waals surface area contributed by atoms with E-state index in [1.165, 1.54) is 11.8 Å². The van der Waals surface area contributed by atoms with Crippen molar-refractivity contribution in [3.63, 3.8) is 0 Å². The molecule has 0 unspecified atom stereocenters. The van der Waals surface area contributed by atoms with Gasteiger partial charge in [-0.15, -0.1) is 11.8 Å². The molecule has 21 heavy (non-hydrogen) atoms. The molecule has 2 aromatic rings. The van der Waals surface area contributed by atoms with E-state index in [9.17, 15) is 4.79 Å². The smallest absolute Gasteiger partial charge is 0.234 e. The van der Waals surface area contributed by atoms with Crippen molar-refractivity contribution in [2.24, 2.45) is 0 Å². The van der Waals surface area contributed by atoms with Crippen LogP contribution in [0.25, 0.3) is 0 Å². The monoisotopic (exact) mass is 428 g/mol. The van der Waals surface area contributed by atoms with Crippen LogP contribution in [0.5, 0.6) is 0 Å². The normalized spacial score (nSPS) is 10.4. The minimum atomic E-state index is -0.0484. The van der Waals surface area contributed by atoms with E-state index in [0.717, 1.165) is 25.1 Å². The number of rotatable bonds is 4. The SMILES string of the molecule is Cc1cc(Br)ccc1NC(=O)CSc1ccc(Br)cc1N. The van der Waals surface area contributed by atoms with Crippen molar-refractivity contribution in [1.29, 1.82) is 0 Å². The first-order chi connectivity index (χ1) is 9.95. The molecule has 0 spiro atoms. The van der Waals surface area contributed by atoms with Gasteiger partial charge in [-0.25, -0.2) is 0 Å². The van der Waals surface area contributed by atoms with Crippen LogP contribution in [-0.4, -0.2) is 11.7 Å². The number of nitrogens with one attached hydrogen (secondary N) is 1. The van der Waals surface area contributed by atoms with Crippen LogP contribution in [0.1, 0.15) is 5.56 Å². The maximum absolute atomic E-state index is 12.0. The summed E-state index contributed by atoms with van der Waals surface area (Å²) in [5.41, 5.74) is 8.43. The summed E-state index contributed by atoms with van der Waals surface area (Å²) in [6, 6.07) is 11.4. The van der Waals surface area contributed by atoms with Crippen molar-refractivity contribution < 1.29 is 4.79 Å². The van der Waals surface area contributed by atoms with E-state index in [2.05, 4.69) is 37.2 Å². The quantitative estimate of drug-likeness (QED) is 0.540. The van der Waals surface area contributed by atoms with Gasteiger partial charge < -0.3 is 11.1 Å². The van der Waals surface area contributed by atoms with Gasteiger partial charge in [-0.2, -0.15) is 0 Å². The molecule has 0 heterocycles. The third-order valence-electron chi connectivity index (χ3n) is 2.79.